The minimum Gasteiger partial charge on any atom is -0.487 e. The van der Waals surface area contributed by atoms with Crippen LogP contribution in [0, 0.1) is 0 Å². The summed E-state index contributed by atoms with van der Waals surface area (Å²) in [5.41, 5.74) is 7.21. The minimum absolute atomic E-state index is 0.154. The molecule has 2 N–H and O–H groups in total. The first-order chi connectivity index (χ1) is 9.58. The third-order valence-corrected chi connectivity index (χ3v) is 4.62. The molecule has 2 aromatic rings. The Morgan fingerprint density at radius 2 is 2.05 bits per heavy atom. The van der Waals surface area contributed by atoms with Gasteiger partial charge < -0.3 is 10.5 Å². The van der Waals surface area contributed by atoms with Crippen LogP contribution in [0.5, 0.6) is 5.75 Å². The van der Waals surface area contributed by atoms with E-state index in [-0.39, 0.29) is 17.2 Å². The number of ether oxygens (including phenoxy) is 1. The van der Waals surface area contributed by atoms with Crippen LogP contribution in [0.3, 0.4) is 0 Å². The van der Waals surface area contributed by atoms with Gasteiger partial charge in [0.15, 0.2) is 0 Å². The number of hydrogen-bond donors (Lipinski definition) is 1. The smallest absolute Gasteiger partial charge is 0.202 e. The van der Waals surface area contributed by atoms with E-state index in [4.69, 9.17) is 10.5 Å². The van der Waals surface area contributed by atoms with Crippen LogP contribution in [0.4, 0.5) is 5.69 Å². The average molecular weight is 288 g/mol. The number of pyridine rings is 1. The Hall–Kier alpha value is -2.34. The monoisotopic (exact) mass is 288 g/mol. The molecule has 3 rings (SSSR count). The molecule has 1 aromatic carbocycles. The lowest BCUT2D eigenvalue weighted by molar-refractivity contribution is 0.368. The van der Waals surface area contributed by atoms with E-state index in [1.54, 1.807) is 42.7 Å². The van der Waals surface area contributed by atoms with Crippen molar-refractivity contribution in [3.8, 4) is 5.75 Å². The van der Waals surface area contributed by atoms with E-state index in [9.17, 15) is 8.42 Å². The van der Waals surface area contributed by atoms with Gasteiger partial charge in [0.05, 0.1) is 11.9 Å². The van der Waals surface area contributed by atoms with E-state index >= 15 is 0 Å². The molecule has 1 aromatic heterocycles. The lowest BCUT2D eigenvalue weighted by Crippen LogP contribution is -2.01. The number of fused-ring (bicyclic) bond motifs is 1. The summed E-state index contributed by atoms with van der Waals surface area (Å²) >= 11 is 0. The summed E-state index contributed by atoms with van der Waals surface area (Å²) in [5.74, 6) is 0.586. The third-order valence-electron chi connectivity index (χ3n) is 3.00. The molecule has 0 saturated heterocycles. The van der Waals surface area contributed by atoms with Crippen LogP contribution in [0.1, 0.15) is 5.56 Å². The number of hydrogen-bond acceptors (Lipinski definition) is 5. The molecule has 6 heteroatoms. The fraction of sp³-hybridized carbons (Fsp3) is 0.0714. The fourth-order valence-corrected chi connectivity index (χ4v) is 3.73. The van der Waals surface area contributed by atoms with Crippen LogP contribution in [-0.2, 0) is 9.84 Å². The molecule has 0 unspecified atom stereocenters. The topological polar surface area (TPSA) is 82.3 Å². The van der Waals surface area contributed by atoms with Crippen LogP contribution in [0.15, 0.2) is 53.0 Å². The summed E-state index contributed by atoms with van der Waals surface area (Å²) in [4.78, 5) is 4.11. The van der Waals surface area contributed by atoms with Crippen molar-refractivity contribution in [1.29, 1.82) is 0 Å². The molecule has 0 fully saturated rings. The molecule has 2 heterocycles. The maximum absolute atomic E-state index is 12.1. The van der Waals surface area contributed by atoms with Gasteiger partial charge in [-0.15, -0.1) is 0 Å². The Kier molecular flexibility index (Phi) is 2.94. The van der Waals surface area contributed by atoms with Crippen molar-refractivity contribution >= 4 is 21.1 Å². The lowest BCUT2D eigenvalue weighted by atomic mass is 10.1. The van der Waals surface area contributed by atoms with Crippen molar-refractivity contribution in [1.82, 2.24) is 4.98 Å². The van der Waals surface area contributed by atoms with Crippen LogP contribution >= 0.6 is 0 Å². The molecule has 1 aliphatic rings. The summed E-state index contributed by atoms with van der Waals surface area (Å²) in [5, 5.41) is 1.21. The number of nitrogen functional groups attached to an aromatic ring is 1. The zero-order valence-electron chi connectivity index (χ0n) is 10.5. The summed E-state index contributed by atoms with van der Waals surface area (Å²) in [7, 11) is -3.47. The highest BCUT2D eigenvalue weighted by atomic mass is 32.2. The van der Waals surface area contributed by atoms with Gasteiger partial charge in [0.1, 0.15) is 17.3 Å². The van der Waals surface area contributed by atoms with Gasteiger partial charge in [0.25, 0.3) is 0 Å². The number of aromatic nitrogens is 1. The van der Waals surface area contributed by atoms with Gasteiger partial charge in [-0.2, -0.15) is 0 Å². The number of benzene rings is 1. The maximum atomic E-state index is 12.1. The van der Waals surface area contributed by atoms with Crippen molar-refractivity contribution in [3.63, 3.8) is 0 Å². The van der Waals surface area contributed by atoms with Gasteiger partial charge in [0, 0.05) is 22.7 Å². The normalized spacial score (nSPS) is 15.5. The predicted molar refractivity (Wildman–Crippen MR) is 75.7 cm³/mol. The lowest BCUT2D eigenvalue weighted by Gasteiger charge is -2.08. The summed E-state index contributed by atoms with van der Waals surface area (Å²) in [6.07, 6.45) is 3.21. The Morgan fingerprint density at radius 3 is 2.80 bits per heavy atom. The first kappa shape index (κ1) is 12.7. The molecular weight excluding hydrogens is 276 g/mol. The highest BCUT2D eigenvalue weighted by molar-refractivity contribution is 7.95. The van der Waals surface area contributed by atoms with E-state index < -0.39 is 9.84 Å². The van der Waals surface area contributed by atoms with Crippen molar-refractivity contribution in [2.45, 2.75) is 4.90 Å². The van der Waals surface area contributed by atoms with Gasteiger partial charge >= 0.3 is 0 Å². The third kappa shape index (κ3) is 2.14. The van der Waals surface area contributed by atoms with E-state index in [2.05, 4.69) is 4.98 Å². The number of nitrogens with zero attached hydrogens (tertiary/aromatic N) is 1. The summed E-state index contributed by atoms with van der Waals surface area (Å²) in [6, 6.07) is 8.55. The van der Waals surface area contributed by atoms with Crippen molar-refractivity contribution < 1.29 is 13.2 Å². The van der Waals surface area contributed by atoms with Gasteiger partial charge in [-0.05, 0) is 18.2 Å². The minimum atomic E-state index is -3.47. The van der Waals surface area contributed by atoms with Crippen LogP contribution in [0.25, 0.3) is 5.57 Å². The molecule has 0 saturated carbocycles. The summed E-state index contributed by atoms with van der Waals surface area (Å²) in [6.45, 7) is 0.154. The first-order valence-electron chi connectivity index (χ1n) is 5.95. The molecule has 5 nitrogen and oxygen atoms in total. The van der Waals surface area contributed by atoms with Gasteiger partial charge in [0.2, 0.25) is 9.84 Å². The van der Waals surface area contributed by atoms with Crippen molar-refractivity contribution in [3.05, 3.63) is 53.7 Å². The van der Waals surface area contributed by atoms with Crippen LogP contribution in [-0.4, -0.2) is 20.0 Å². The second-order valence-corrected chi connectivity index (χ2v) is 6.12. The van der Waals surface area contributed by atoms with Gasteiger partial charge in [-0.3, -0.25) is 4.98 Å². The molecule has 0 atom stereocenters. The van der Waals surface area contributed by atoms with Crippen molar-refractivity contribution in [2.24, 2.45) is 0 Å². The number of rotatable bonds is 3. The Morgan fingerprint density at radius 1 is 1.20 bits per heavy atom. The Bertz CT molecular complexity index is 783. The molecule has 102 valence electrons. The fourth-order valence-electron chi connectivity index (χ4n) is 2.14. The molecule has 20 heavy (non-hydrogen) atoms. The highest BCUT2D eigenvalue weighted by Gasteiger charge is 2.29. The zero-order chi connectivity index (χ0) is 14.2. The number of nitrogens with two attached hydrogens (primary N) is 1. The molecule has 0 radical (unpaired) electrons. The van der Waals surface area contributed by atoms with Gasteiger partial charge in [-0.25, -0.2) is 8.42 Å². The van der Waals surface area contributed by atoms with Crippen LogP contribution < -0.4 is 10.5 Å². The Labute approximate surface area is 116 Å². The average Bonchev–Trinajstić information content (AvgIpc) is 2.70. The van der Waals surface area contributed by atoms with E-state index in [0.717, 1.165) is 0 Å². The molecule has 1 aliphatic heterocycles. The summed E-state index contributed by atoms with van der Waals surface area (Å²) < 4.78 is 29.7. The molecule has 0 spiro atoms. The van der Waals surface area contributed by atoms with E-state index in [0.29, 0.717) is 16.9 Å². The first-order valence-corrected chi connectivity index (χ1v) is 7.50. The Balaban J connectivity index is 1.92. The quantitative estimate of drug-likeness (QED) is 0.872. The van der Waals surface area contributed by atoms with Gasteiger partial charge in [-0.1, -0.05) is 12.1 Å². The second kappa shape index (κ2) is 4.64. The standard InChI is InChI=1S/C14H12N2O3S/c15-13-5-1-4-12-10(9-20(17,18)14(12)13)8-19-11-3-2-6-16-7-11/h1-7,9H,8,15H2. The molecule has 0 amide bonds. The SMILES string of the molecule is Nc1cccc2c1S(=O)(=O)C=C2COc1cccnc1. The predicted octanol–water partition coefficient (Wildman–Crippen LogP) is 1.87. The van der Waals surface area contributed by atoms with E-state index in [1.165, 1.54) is 5.41 Å². The molecular formula is C14H12N2O3S. The van der Waals surface area contributed by atoms with Crippen molar-refractivity contribution in [2.75, 3.05) is 12.3 Å². The van der Waals surface area contributed by atoms with Crippen LogP contribution in [0.2, 0.25) is 0 Å². The molecule has 0 bridgehead atoms. The molecule has 0 aliphatic carbocycles. The largest absolute Gasteiger partial charge is 0.487 e. The highest BCUT2D eigenvalue weighted by Crippen LogP contribution is 2.37. The zero-order valence-corrected chi connectivity index (χ0v) is 11.3. The van der Waals surface area contributed by atoms with E-state index in [1.807, 2.05) is 0 Å². The number of sulfone groups is 1. The maximum Gasteiger partial charge on any atom is 0.202 e. The second-order valence-electron chi connectivity index (χ2n) is 4.39. The number of anilines is 1.